The van der Waals surface area contributed by atoms with Crippen molar-refractivity contribution >= 4 is 46.6 Å². The number of nitrogens with one attached hydrogen (secondary N) is 2. The molecule has 41 heavy (non-hydrogen) atoms. The van der Waals surface area contributed by atoms with E-state index in [1.54, 1.807) is 30.2 Å². The van der Waals surface area contributed by atoms with E-state index in [4.69, 9.17) is 38.7 Å². The molecular formula is C30H30Cl2N6O3. The van der Waals surface area contributed by atoms with Gasteiger partial charge in [-0.15, -0.1) is 0 Å². The molecule has 0 fully saturated rings. The summed E-state index contributed by atoms with van der Waals surface area (Å²) in [5.74, 6) is 1.14. The van der Waals surface area contributed by atoms with E-state index in [0.29, 0.717) is 63.8 Å². The molecule has 9 nitrogen and oxygen atoms in total. The third-order valence-corrected chi connectivity index (χ3v) is 7.85. The minimum atomic E-state index is -0.377. The van der Waals surface area contributed by atoms with Crippen molar-refractivity contribution in [1.29, 1.82) is 0 Å². The molecule has 0 atom stereocenters. The molecule has 3 aromatic carbocycles. The number of nitrogens with zero attached hydrogens (tertiary/aromatic N) is 3. The summed E-state index contributed by atoms with van der Waals surface area (Å²) in [7, 11) is 1.62. The maximum Gasteiger partial charge on any atom is 0.322 e. The van der Waals surface area contributed by atoms with Crippen LogP contribution in [0.2, 0.25) is 10.0 Å². The predicted octanol–water partition coefficient (Wildman–Crippen LogP) is 5.95. The van der Waals surface area contributed by atoms with E-state index in [1.807, 2.05) is 50.2 Å². The quantitative estimate of drug-likeness (QED) is 0.238. The van der Waals surface area contributed by atoms with Crippen LogP contribution in [0.1, 0.15) is 27.9 Å². The number of anilines is 3. The van der Waals surface area contributed by atoms with E-state index in [1.165, 1.54) is 4.57 Å². The Hall–Kier alpha value is -4.21. The van der Waals surface area contributed by atoms with Crippen molar-refractivity contribution in [1.82, 2.24) is 14.5 Å². The lowest BCUT2D eigenvalue weighted by molar-refractivity contribution is 0.205. The first kappa shape index (κ1) is 28.3. The first-order valence-corrected chi connectivity index (χ1v) is 13.8. The van der Waals surface area contributed by atoms with Crippen LogP contribution in [0, 0.1) is 13.8 Å². The van der Waals surface area contributed by atoms with Crippen LogP contribution in [-0.4, -0.2) is 34.1 Å². The predicted molar refractivity (Wildman–Crippen MR) is 164 cm³/mol. The molecule has 2 amide bonds. The Morgan fingerprint density at radius 2 is 1.85 bits per heavy atom. The van der Waals surface area contributed by atoms with Gasteiger partial charge in [0.15, 0.2) is 0 Å². The highest BCUT2D eigenvalue weighted by Crippen LogP contribution is 2.29. The summed E-state index contributed by atoms with van der Waals surface area (Å²) < 4.78 is 6.76. The molecule has 11 heteroatoms. The maximum absolute atomic E-state index is 14.1. The number of hydrogen-bond donors (Lipinski definition) is 3. The minimum Gasteiger partial charge on any atom is -0.497 e. The molecule has 0 saturated carbocycles. The lowest BCUT2D eigenvalue weighted by Gasteiger charge is -2.29. The van der Waals surface area contributed by atoms with Gasteiger partial charge in [-0.05, 0) is 66.9 Å². The van der Waals surface area contributed by atoms with Gasteiger partial charge in [0.2, 0.25) is 5.95 Å². The number of methoxy groups -OCH3 is 1. The average molecular weight is 594 g/mol. The fraction of sp³-hybridized carbons (Fsp3) is 0.233. The molecule has 0 saturated heterocycles. The third kappa shape index (κ3) is 5.82. The molecule has 1 aromatic heterocycles. The van der Waals surface area contributed by atoms with E-state index < -0.39 is 0 Å². The largest absolute Gasteiger partial charge is 0.497 e. The first-order valence-electron chi connectivity index (χ1n) is 13.0. The SMILES string of the molecule is COc1ccc(CNc2nc3c(c(=O)n2-c2ccc(C)c(C)c2N)CN(C(=O)Nc2ccc(Cl)cc2Cl)CC3)cc1. The number of halogens is 2. The van der Waals surface area contributed by atoms with Gasteiger partial charge in [0, 0.05) is 24.5 Å². The topological polar surface area (TPSA) is 115 Å². The first-order chi connectivity index (χ1) is 19.7. The normalized spacial score (nSPS) is 12.6. The number of nitrogens with two attached hydrogens (primary N) is 1. The van der Waals surface area contributed by atoms with Gasteiger partial charge in [0.05, 0.1) is 47.0 Å². The molecule has 1 aliphatic rings. The van der Waals surface area contributed by atoms with Crippen molar-refractivity contribution in [3.05, 3.63) is 103 Å². The minimum absolute atomic E-state index is 0.0850. The van der Waals surface area contributed by atoms with Crippen molar-refractivity contribution in [2.75, 3.05) is 30.0 Å². The molecule has 5 rings (SSSR count). The molecular weight excluding hydrogens is 563 g/mol. The molecule has 4 aromatic rings. The summed E-state index contributed by atoms with van der Waals surface area (Å²) in [6.45, 7) is 4.78. The zero-order valence-corrected chi connectivity index (χ0v) is 24.4. The number of urea groups is 1. The van der Waals surface area contributed by atoms with E-state index in [9.17, 15) is 9.59 Å². The molecule has 0 aliphatic carbocycles. The van der Waals surface area contributed by atoms with Gasteiger partial charge in [-0.1, -0.05) is 41.4 Å². The number of rotatable bonds is 6. The number of carbonyl (C=O) groups excluding carboxylic acids is 1. The number of aromatic nitrogens is 2. The van der Waals surface area contributed by atoms with Crippen molar-refractivity contribution in [3.8, 4) is 11.4 Å². The van der Waals surface area contributed by atoms with E-state index in [-0.39, 0.29) is 18.1 Å². The van der Waals surface area contributed by atoms with Gasteiger partial charge >= 0.3 is 6.03 Å². The van der Waals surface area contributed by atoms with Gasteiger partial charge in [-0.25, -0.2) is 14.3 Å². The Bertz CT molecular complexity index is 1690. The molecule has 2 heterocycles. The van der Waals surface area contributed by atoms with Crippen LogP contribution in [0.5, 0.6) is 5.75 Å². The van der Waals surface area contributed by atoms with E-state index in [0.717, 1.165) is 22.4 Å². The van der Waals surface area contributed by atoms with Crippen LogP contribution in [0.3, 0.4) is 0 Å². The van der Waals surface area contributed by atoms with Crippen molar-refractivity contribution < 1.29 is 9.53 Å². The molecule has 0 unspecified atom stereocenters. The summed E-state index contributed by atoms with van der Waals surface area (Å²) >= 11 is 12.2. The van der Waals surface area contributed by atoms with Crippen molar-refractivity contribution in [2.45, 2.75) is 33.4 Å². The highest BCUT2D eigenvalue weighted by molar-refractivity contribution is 6.36. The van der Waals surface area contributed by atoms with Gasteiger partial charge in [-0.3, -0.25) is 4.79 Å². The smallest absolute Gasteiger partial charge is 0.322 e. The Labute approximate surface area is 247 Å². The number of aryl methyl sites for hydroxylation is 1. The monoisotopic (exact) mass is 592 g/mol. The van der Waals surface area contributed by atoms with Crippen LogP contribution in [0.15, 0.2) is 59.4 Å². The second-order valence-electron chi connectivity index (χ2n) is 9.87. The second kappa shape index (κ2) is 11.7. The van der Waals surface area contributed by atoms with Gasteiger partial charge in [0.1, 0.15) is 5.75 Å². The zero-order chi connectivity index (χ0) is 29.3. The Morgan fingerprint density at radius 1 is 1.10 bits per heavy atom. The standard InChI is InChI=1S/C30H30Cl2N6O3/c1-17-4-11-26(27(33)18(17)2)38-28(39)22-16-37(30(40)36-25-10-7-20(31)14-23(25)32)13-12-24(22)35-29(38)34-15-19-5-8-21(41-3)9-6-19/h4-11,14H,12-13,15-16,33H2,1-3H3,(H,34,35)(H,36,40). The number of hydrogen-bond acceptors (Lipinski definition) is 6. The summed E-state index contributed by atoms with van der Waals surface area (Å²) in [4.78, 5) is 33.7. The molecule has 0 radical (unpaired) electrons. The molecule has 0 spiro atoms. The lowest BCUT2D eigenvalue weighted by atomic mass is 10.1. The third-order valence-electron chi connectivity index (χ3n) is 7.30. The summed E-state index contributed by atoms with van der Waals surface area (Å²) in [6.07, 6.45) is 0.410. The van der Waals surface area contributed by atoms with Crippen LogP contribution < -0.4 is 26.7 Å². The van der Waals surface area contributed by atoms with E-state index >= 15 is 0 Å². The van der Waals surface area contributed by atoms with Gasteiger partial charge in [-0.2, -0.15) is 0 Å². The van der Waals surface area contributed by atoms with Crippen LogP contribution in [0.25, 0.3) is 5.69 Å². The number of amides is 2. The van der Waals surface area contributed by atoms with Crippen molar-refractivity contribution in [3.63, 3.8) is 0 Å². The molecule has 1 aliphatic heterocycles. The number of carbonyl (C=O) groups is 1. The van der Waals surface area contributed by atoms with E-state index in [2.05, 4.69) is 10.6 Å². The Morgan fingerprint density at radius 3 is 2.56 bits per heavy atom. The number of ether oxygens (including phenoxy) is 1. The van der Waals surface area contributed by atoms with Crippen LogP contribution in [0.4, 0.5) is 22.1 Å². The fourth-order valence-electron chi connectivity index (χ4n) is 4.72. The van der Waals surface area contributed by atoms with Gasteiger partial charge < -0.3 is 26.0 Å². The van der Waals surface area contributed by atoms with Gasteiger partial charge in [0.25, 0.3) is 5.56 Å². The number of benzene rings is 3. The summed E-state index contributed by atoms with van der Waals surface area (Å²) in [5, 5.41) is 6.93. The van der Waals surface area contributed by atoms with Crippen molar-refractivity contribution in [2.24, 2.45) is 0 Å². The molecule has 212 valence electrons. The molecule has 4 N–H and O–H groups in total. The van der Waals surface area contributed by atoms with Crippen LogP contribution in [-0.2, 0) is 19.5 Å². The summed E-state index contributed by atoms with van der Waals surface area (Å²) in [6, 6.07) is 15.9. The number of nitrogen functional groups attached to an aromatic ring is 1. The van der Waals surface area contributed by atoms with Crippen LogP contribution >= 0.6 is 23.2 Å². The fourth-order valence-corrected chi connectivity index (χ4v) is 5.18. The second-order valence-corrected chi connectivity index (χ2v) is 10.7. The molecule has 0 bridgehead atoms. The number of fused-ring (bicyclic) bond motifs is 1. The highest BCUT2D eigenvalue weighted by Gasteiger charge is 2.28. The highest BCUT2D eigenvalue weighted by atomic mass is 35.5. The Balaban J connectivity index is 1.50. The maximum atomic E-state index is 14.1. The average Bonchev–Trinajstić information content (AvgIpc) is 2.97. The Kier molecular flexibility index (Phi) is 8.10. The zero-order valence-electron chi connectivity index (χ0n) is 22.9. The lowest BCUT2D eigenvalue weighted by Crippen LogP contribution is -2.43. The summed E-state index contributed by atoms with van der Waals surface area (Å²) in [5.41, 5.74) is 11.6.